The minimum Gasteiger partial charge on any atom is -0.481 e. The van der Waals surface area contributed by atoms with Crippen molar-refractivity contribution in [2.45, 2.75) is 19.4 Å². The third kappa shape index (κ3) is 3.44. The van der Waals surface area contributed by atoms with Crippen molar-refractivity contribution in [2.24, 2.45) is 0 Å². The minimum absolute atomic E-state index is 0.0901. The Balaban J connectivity index is 1.53. The molecule has 0 spiro atoms. The lowest BCUT2D eigenvalue weighted by Crippen LogP contribution is -2.48. The number of hydrogen-bond acceptors (Lipinski definition) is 6. The highest BCUT2D eigenvalue weighted by Crippen LogP contribution is 2.28. The van der Waals surface area contributed by atoms with Gasteiger partial charge in [0, 0.05) is 11.8 Å². The number of aromatic nitrogens is 2. The molecule has 8 heteroatoms. The molecule has 1 N–H and O–H groups in total. The van der Waals surface area contributed by atoms with Crippen LogP contribution in [-0.2, 0) is 9.59 Å². The number of hydrogen-bond donors (Lipinski definition) is 1. The van der Waals surface area contributed by atoms with Crippen molar-refractivity contribution in [3.63, 3.8) is 0 Å². The Kier molecular flexibility index (Phi) is 4.76. The van der Waals surface area contributed by atoms with Crippen LogP contribution in [0, 0.1) is 0 Å². The van der Waals surface area contributed by atoms with Gasteiger partial charge in [0.15, 0.2) is 24.1 Å². The molecule has 142 valence electrons. The van der Waals surface area contributed by atoms with Crippen LogP contribution >= 0.6 is 0 Å². The highest BCUT2D eigenvalue weighted by molar-refractivity contribution is 6.10. The number of amides is 2. The van der Waals surface area contributed by atoms with Gasteiger partial charge in [-0.1, -0.05) is 6.92 Å². The zero-order chi connectivity index (χ0) is 19.5. The van der Waals surface area contributed by atoms with E-state index in [1.165, 1.54) is 11.3 Å². The number of benzene rings is 1. The molecule has 0 saturated heterocycles. The molecular formula is C20H18N4O4. The number of carbonyl (C=O) groups excluding carboxylic acids is 2. The summed E-state index contributed by atoms with van der Waals surface area (Å²) in [5.41, 5.74) is 1.37. The number of pyridine rings is 1. The van der Waals surface area contributed by atoms with Crippen LogP contribution in [0.2, 0.25) is 0 Å². The van der Waals surface area contributed by atoms with E-state index in [-0.39, 0.29) is 18.4 Å². The smallest absolute Gasteiger partial charge is 0.269 e. The Bertz CT molecular complexity index is 986. The van der Waals surface area contributed by atoms with Gasteiger partial charge in [-0.3, -0.25) is 14.5 Å². The fourth-order valence-electron chi connectivity index (χ4n) is 3.00. The van der Waals surface area contributed by atoms with Gasteiger partial charge in [-0.15, -0.1) is 0 Å². The molecular weight excluding hydrogens is 360 g/mol. The van der Waals surface area contributed by atoms with Crippen molar-refractivity contribution in [1.82, 2.24) is 9.97 Å². The van der Waals surface area contributed by atoms with Crippen LogP contribution in [0.3, 0.4) is 0 Å². The summed E-state index contributed by atoms with van der Waals surface area (Å²) in [5.74, 6) is 1.05. The Morgan fingerprint density at radius 2 is 2.14 bits per heavy atom. The minimum atomic E-state index is -0.739. The summed E-state index contributed by atoms with van der Waals surface area (Å²) in [5, 5.41) is 2.72. The number of ether oxygens (including phenoxy) is 1. The predicted molar refractivity (Wildman–Crippen MR) is 102 cm³/mol. The molecule has 4 rings (SSSR count). The zero-order valence-corrected chi connectivity index (χ0v) is 15.2. The molecule has 2 aromatic heterocycles. The zero-order valence-electron chi connectivity index (χ0n) is 15.2. The van der Waals surface area contributed by atoms with Crippen molar-refractivity contribution in [3.05, 3.63) is 55.2 Å². The normalized spacial score (nSPS) is 14.2. The summed E-state index contributed by atoms with van der Waals surface area (Å²) in [4.78, 5) is 34.5. The molecule has 28 heavy (non-hydrogen) atoms. The van der Waals surface area contributed by atoms with Gasteiger partial charge in [-0.05, 0) is 42.8 Å². The van der Waals surface area contributed by atoms with E-state index in [0.29, 0.717) is 29.4 Å². The Morgan fingerprint density at radius 1 is 1.32 bits per heavy atom. The van der Waals surface area contributed by atoms with Crippen LogP contribution in [0.4, 0.5) is 11.5 Å². The van der Waals surface area contributed by atoms with E-state index in [2.05, 4.69) is 15.3 Å². The van der Waals surface area contributed by atoms with Gasteiger partial charge < -0.3 is 14.5 Å². The first kappa shape index (κ1) is 17.7. The van der Waals surface area contributed by atoms with Crippen molar-refractivity contribution in [3.8, 4) is 17.1 Å². The lowest BCUT2D eigenvalue weighted by molar-refractivity contribution is -0.127. The summed E-state index contributed by atoms with van der Waals surface area (Å²) < 4.78 is 11.2. The van der Waals surface area contributed by atoms with E-state index in [9.17, 15) is 9.59 Å². The molecule has 0 bridgehead atoms. The van der Waals surface area contributed by atoms with Crippen molar-refractivity contribution in [2.75, 3.05) is 16.8 Å². The molecule has 1 aliphatic rings. The van der Waals surface area contributed by atoms with Gasteiger partial charge in [0.1, 0.15) is 12.3 Å². The molecule has 1 atom stereocenters. The molecule has 2 amide bonds. The van der Waals surface area contributed by atoms with Crippen LogP contribution < -0.4 is 15.0 Å². The summed E-state index contributed by atoms with van der Waals surface area (Å²) in [6, 6.07) is 10.6. The molecule has 0 fully saturated rings. The molecule has 1 aromatic carbocycles. The van der Waals surface area contributed by atoms with E-state index >= 15 is 0 Å². The first-order valence-corrected chi connectivity index (χ1v) is 8.87. The van der Waals surface area contributed by atoms with E-state index in [1.54, 1.807) is 36.7 Å². The highest BCUT2D eigenvalue weighted by atomic mass is 16.5. The lowest BCUT2D eigenvalue weighted by atomic mass is 10.1. The Morgan fingerprint density at radius 3 is 2.86 bits per heavy atom. The number of nitrogens with one attached hydrogen (secondary N) is 1. The third-order valence-corrected chi connectivity index (χ3v) is 4.38. The van der Waals surface area contributed by atoms with E-state index in [0.717, 1.165) is 5.56 Å². The fraction of sp³-hybridized carbons (Fsp3) is 0.200. The Labute approximate surface area is 161 Å². The topological polar surface area (TPSA) is 97.6 Å². The third-order valence-electron chi connectivity index (χ3n) is 4.38. The van der Waals surface area contributed by atoms with Crippen LogP contribution in [0.25, 0.3) is 11.3 Å². The van der Waals surface area contributed by atoms with E-state index in [4.69, 9.17) is 9.15 Å². The van der Waals surface area contributed by atoms with Crippen LogP contribution in [0.5, 0.6) is 5.75 Å². The van der Waals surface area contributed by atoms with Crippen molar-refractivity contribution in [1.29, 1.82) is 0 Å². The maximum Gasteiger partial charge on any atom is 0.269 e. The van der Waals surface area contributed by atoms with Gasteiger partial charge >= 0.3 is 0 Å². The van der Waals surface area contributed by atoms with Crippen LogP contribution in [-0.4, -0.2) is 34.4 Å². The standard InChI is InChI=1S/C20H18N4O4/c1-2-16(28-14-7-5-13(6-8-14)17-10-21-12-27-17)20(26)24-11-18(25)23-15-4-3-9-22-19(15)24/h3-10,12,16H,2,11H2,1H3,(H,23,25). The van der Waals surface area contributed by atoms with Crippen LogP contribution in [0.15, 0.2) is 59.6 Å². The number of oxazole rings is 1. The molecule has 3 heterocycles. The van der Waals surface area contributed by atoms with E-state index in [1.807, 2.05) is 19.1 Å². The largest absolute Gasteiger partial charge is 0.481 e. The molecule has 1 aliphatic heterocycles. The summed E-state index contributed by atoms with van der Waals surface area (Å²) in [6.45, 7) is 1.77. The van der Waals surface area contributed by atoms with Gasteiger partial charge in [-0.2, -0.15) is 0 Å². The summed E-state index contributed by atoms with van der Waals surface area (Å²) >= 11 is 0. The second kappa shape index (κ2) is 7.51. The van der Waals surface area contributed by atoms with Gasteiger partial charge in [0.2, 0.25) is 5.91 Å². The SMILES string of the molecule is CCC(Oc1ccc(-c2cnco2)cc1)C(=O)N1CC(=O)Nc2cccnc21. The van der Waals surface area contributed by atoms with Gasteiger partial charge in [0.25, 0.3) is 5.91 Å². The quantitative estimate of drug-likeness (QED) is 0.733. The van der Waals surface area contributed by atoms with E-state index < -0.39 is 6.10 Å². The molecule has 3 aromatic rings. The molecule has 1 unspecified atom stereocenters. The summed E-state index contributed by atoms with van der Waals surface area (Å²) in [7, 11) is 0. The highest BCUT2D eigenvalue weighted by Gasteiger charge is 2.33. The summed E-state index contributed by atoms with van der Waals surface area (Å²) in [6.07, 6.45) is 4.28. The number of nitrogens with zero attached hydrogens (tertiary/aromatic N) is 3. The molecule has 0 aliphatic carbocycles. The van der Waals surface area contributed by atoms with Crippen molar-refractivity contribution >= 4 is 23.3 Å². The second-order valence-electron chi connectivity index (χ2n) is 6.25. The van der Waals surface area contributed by atoms with Crippen molar-refractivity contribution < 1.29 is 18.7 Å². The number of anilines is 2. The lowest BCUT2D eigenvalue weighted by Gasteiger charge is -2.30. The maximum atomic E-state index is 13.1. The van der Waals surface area contributed by atoms with Crippen LogP contribution in [0.1, 0.15) is 13.3 Å². The average Bonchev–Trinajstić information content (AvgIpc) is 3.26. The van der Waals surface area contributed by atoms with Gasteiger partial charge in [0.05, 0.1) is 11.9 Å². The second-order valence-corrected chi connectivity index (χ2v) is 6.25. The number of rotatable bonds is 5. The number of carbonyl (C=O) groups is 2. The first-order valence-electron chi connectivity index (χ1n) is 8.87. The van der Waals surface area contributed by atoms with Gasteiger partial charge in [-0.25, -0.2) is 9.97 Å². The predicted octanol–water partition coefficient (Wildman–Crippen LogP) is 2.88. The fourth-order valence-corrected chi connectivity index (χ4v) is 3.00. The Hall–Kier alpha value is -3.68. The number of fused-ring (bicyclic) bond motifs is 1. The molecule has 0 radical (unpaired) electrons. The average molecular weight is 378 g/mol. The monoisotopic (exact) mass is 378 g/mol. The first-order chi connectivity index (χ1) is 13.7. The maximum absolute atomic E-state index is 13.1. The molecule has 0 saturated carbocycles. The molecule has 8 nitrogen and oxygen atoms in total.